The SMILES string of the molecule is COc1ccc(-c2ccc(=O)n(C(C)C(=O)NCc3ccccc3OC)n2)cc1. The summed E-state index contributed by atoms with van der Waals surface area (Å²) in [6.07, 6.45) is 0. The van der Waals surface area contributed by atoms with Gasteiger partial charge in [-0.1, -0.05) is 18.2 Å². The molecule has 1 unspecified atom stereocenters. The van der Waals surface area contributed by atoms with Crippen molar-refractivity contribution in [1.29, 1.82) is 0 Å². The lowest BCUT2D eigenvalue weighted by atomic mass is 10.1. The maximum atomic E-state index is 12.6. The summed E-state index contributed by atoms with van der Waals surface area (Å²) in [6, 6.07) is 17.1. The number of methoxy groups -OCH3 is 2. The fourth-order valence-corrected chi connectivity index (χ4v) is 2.91. The first-order chi connectivity index (χ1) is 14.0. The van der Waals surface area contributed by atoms with Gasteiger partial charge in [0.05, 0.1) is 19.9 Å². The van der Waals surface area contributed by atoms with E-state index in [1.165, 1.54) is 10.7 Å². The van der Waals surface area contributed by atoms with Gasteiger partial charge in [0.1, 0.15) is 17.5 Å². The van der Waals surface area contributed by atoms with Crippen molar-refractivity contribution in [3.05, 3.63) is 76.6 Å². The Labute approximate surface area is 168 Å². The van der Waals surface area contributed by atoms with Gasteiger partial charge in [-0.2, -0.15) is 5.10 Å². The zero-order valence-corrected chi connectivity index (χ0v) is 16.6. The molecule has 0 aliphatic heterocycles. The van der Waals surface area contributed by atoms with E-state index >= 15 is 0 Å². The van der Waals surface area contributed by atoms with Crippen LogP contribution in [0.5, 0.6) is 11.5 Å². The van der Waals surface area contributed by atoms with Gasteiger partial charge in [-0.15, -0.1) is 0 Å². The van der Waals surface area contributed by atoms with Crippen LogP contribution in [-0.2, 0) is 11.3 Å². The molecular formula is C22H23N3O4. The summed E-state index contributed by atoms with van der Waals surface area (Å²) in [5.74, 6) is 1.11. The molecule has 0 spiro atoms. The standard InChI is InChI=1S/C22H23N3O4/c1-15(22(27)23-14-17-6-4-5-7-20(17)29-3)25-21(26)13-12-19(24-25)16-8-10-18(28-2)11-9-16/h4-13,15H,14H2,1-3H3,(H,23,27). The molecule has 3 aromatic rings. The summed E-state index contributed by atoms with van der Waals surface area (Å²) < 4.78 is 11.6. The molecule has 150 valence electrons. The molecule has 29 heavy (non-hydrogen) atoms. The number of para-hydroxylation sites is 1. The van der Waals surface area contributed by atoms with Crippen LogP contribution in [0, 0.1) is 0 Å². The third kappa shape index (κ3) is 4.63. The van der Waals surface area contributed by atoms with E-state index in [1.807, 2.05) is 48.5 Å². The van der Waals surface area contributed by atoms with Gasteiger partial charge in [0, 0.05) is 23.7 Å². The van der Waals surface area contributed by atoms with Gasteiger partial charge >= 0.3 is 0 Å². The van der Waals surface area contributed by atoms with Crippen LogP contribution < -0.4 is 20.3 Å². The van der Waals surface area contributed by atoms with Crippen LogP contribution in [0.25, 0.3) is 11.3 Å². The number of amides is 1. The van der Waals surface area contributed by atoms with Crippen molar-refractivity contribution in [2.75, 3.05) is 14.2 Å². The summed E-state index contributed by atoms with van der Waals surface area (Å²) >= 11 is 0. The van der Waals surface area contributed by atoms with Crippen molar-refractivity contribution in [1.82, 2.24) is 15.1 Å². The molecule has 3 rings (SSSR count). The molecule has 1 heterocycles. The van der Waals surface area contributed by atoms with Gasteiger partial charge in [-0.3, -0.25) is 9.59 Å². The minimum atomic E-state index is -0.768. The maximum absolute atomic E-state index is 12.6. The first-order valence-corrected chi connectivity index (χ1v) is 9.17. The van der Waals surface area contributed by atoms with E-state index < -0.39 is 6.04 Å². The van der Waals surface area contributed by atoms with Crippen molar-refractivity contribution in [2.24, 2.45) is 0 Å². The molecule has 1 N–H and O–H groups in total. The fourth-order valence-electron chi connectivity index (χ4n) is 2.91. The molecule has 1 atom stereocenters. The summed E-state index contributed by atoms with van der Waals surface area (Å²) in [5, 5.41) is 7.22. The van der Waals surface area contributed by atoms with Crippen LogP contribution >= 0.6 is 0 Å². The average Bonchev–Trinajstić information content (AvgIpc) is 2.77. The molecular weight excluding hydrogens is 370 g/mol. The Morgan fingerprint density at radius 1 is 1.03 bits per heavy atom. The minimum absolute atomic E-state index is 0.292. The summed E-state index contributed by atoms with van der Waals surface area (Å²) in [5.41, 5.74) is 1.92. The van der Waals surface area contributed by atoms with E-state index in [-0.39, 0.29) is 11.5 Å². The second kappa shape index (κ2) is 9.05. The molecule has 7 nitrogen and oxygen atoms in total. The topological polar surface area (TPSA) is 82.5 Å². The van der Waals surface area contributed by atoms with Crippen LogP contribution in [0.2, 0.25) is 0 Å². The largest absolute Gasteiger partial charge is 0.497 e. The predicted molar refractivity (Wildman–Crippen MR) is 110 cm³/mol. The molecule has 7 heteroatoms. The Bertz CT molecular complexity index is 1040. The summed E-state index contributed by atoms with van der Waals surface area (Å²) in [7, 11) is 3.18. The second-order valence-corrected chi connectivity index (χ2v) is 6.44. The number of aromatic nitrogens is 2. The highest BCUT2D eigenvalue weighted by molar-refractivity contribution is 5.79. The lowest BCUT2D eigenvalue weighted by Crippen LogP contribution is -2.36. The number of ether oxygens (including phenoxy) is 2. The van der Waals surface area contributed by atoms with E-state index in [2.05, 4.69) is 10.4 Å². The molecule has 0 aliphatic rings. The Morgan fingerprint density at radius 3 is 2.45 bits per heavy atom. The van der Waals surface area contributed by atoms with E-state index in [0.29, 0.717) is 18.0 Å². The fraction of sp³-hybridized carbons (Fsp3) is 0.227. The highest BCUT2D eigenvalue weighted by Crippen LogP contribution is 2.20. The quantitative estimate of drug-likeness (QED) is 0.667. The van der Waals surface area contributed by atoms with Crippen LogP contribution in [0.4, 0.5) is 0 Å². The number of carbonyl (C=O) groups is 1. The third-order valence-corrected chi connectivity index (χ3v) is 4.60. The van der Waals surface area contributed by atoms with Crippen molar-refractivity contribution in [3.63, 3.8) is 0 Å². The van der Waals surface area contributed by atoms with Crippen LogP contribution in [-0.4, -0.2) is 29.9 Å². The van der Waals surface area contributed by atoms with E-state index in [4.69, 9.17) is 9.47 Å². The smallest absolute Gasteiger partial charge is 0.267 e. The van der Waals surface area contributed by atoms with Gasteiger partial charge in [0.25, 0.3) is 5.56 Å². The molecule has 0 saturated heterocycles. The van der Waals surface area contributed by atoms with Crippen LogP contribution in [0.15, 0.2) is 65.5 Å². The number of carbonyl (C=O) groups excluding carboxylic acids is 1. The third-order valence-electron chi connectivity index (χ3n) is 4.60. The van der Waals surface area contributed by atoms with E-state index in [1.54, 1.807) is 27.2 Å². The summed E-state index contributed by atoms with van der Waals surface area (Å²) in [6.45, 7) is 1.93. The Balaban J connectivity index is 1.78. The Morgan fingerprint density at radius 2 is 1.76 bits per heavy atom. The zero-order valence-electron chi connectivity index (χ0n) is 16.6. The normalized spacial score (nSPS) is 11.6. The van der Waals surface area contributed by atoms with Crippen molar-refractivity contribution in [2.45, 2.75) is 19.5 Å². The molecule has 0 radical (unpaired) electrons. The number of hydrogen-bond acceptors (Lipinski definition) is 5. The first kappa shape index (κ1) is 20.1. The lowest BCUT2D eigenvalue weighted by molar-refractivity contribution is -0.124. The van der Waals surface area contributed by atoms with Crippen molar-refractivity contribution < 1.29 is 14.3 Å². The van der Waals surface area contributed by atoms with Crippen molar-refractivity contribution >= 4 is 5.91 Å². The molecule has 0 bridgehead atoms. The van der Waals surface area contributed by atoms with Gasteiger partial charge < -0.3 is 14.8 Å². The highest BCUT2D eigenvalue weighted by Gasteiger charge is 2.18. The van der Waals surface area contributed by atoms with Gasteiger partial charge in [0.15, 0.2) is 0 Å². The minimum Gasteiger partial charge on any atom is -0.497 e. The average molecular weight is 393 g/mol. The monoisotopic (exact) mass is 393 g/mol. The molecule has 0 saturated carbocycles. The predicted octanol–water partition coefficient (Wildman–Crippen LogP) is 2.80. The summed E-state index contributed by atoms with van der Waals surface area (Å²) in [4.78, 5) is 24.9. The van der Waals surface area contributed by atoms with Gasteiger partial charge in [-0.05, 0) is 43.3 Å². The van der Waals surface area contributed by atoms with E-state index in [0.717, 1.165) is 16.9 Å². The maximum Gasteiger partial charge on any atom is 0.267 e. The lowest BCUT2D eigenvalue weighted by Gasteiger charge is -2.16. The molecule has 1 aromatic heterocycles. The van der Waals surface area contributed by atoms with E-state index in [9.17, 15) is 9.59 Å². The Kier molecular flexibility index (Phi) is 6.29. The molecule has 0 fully saturated rings. The first-order valence-electron chi connectivity index (χ1n) is 9.17. The van der Waals surface area contributed by atoms with Crippen molar-refractivity contribution in [3.8, 4) is 22.8 Å². The molecule has 1 amide bonds. The number of nitrogens with zero attached hydrogens (tertiary/aromatic N) is 2. The highest BCUT2D eigenvalue weighted by atomic mass is 16.5. The number of hydrogen-bond donors (Lipinski definition) is 1. The Hall–Kier alpha value is -3.61. The van der Waals surface area contributed by atoms with Gasteiger partial charge in [-0.25, -0.2) is 4.68 Å². The molecule has 2 aromatic carbocycles. The number of nitrogens with one attached hydrogen (secondary N) is 1. The van der Waals surface area contributed by atoms with Gasteiger partial charge in [0.2, 0.25) is 5.91 Å². The van der Waals surface area contributed by atoms with Crippen LogP contribution in [0.1, 0.15) is 18.5 Å². The number of benzene rings is 2. The molecule has 0 aliphatic carbocycles. The van der Waals surface area contributed by atoms with Crippen LogP contribution in [0.3, 0.4) is 0 Å². The zero-order chi connectivity index (χ0) is 20.8. The number of rotatable bonds is 7. The second-order valence-electron chi connectivity index (χ2n) is 6.44.